The molecular weight excluding hydrogens is 218 g/mol. The lowest BCUT2D eigenvalue weighted by Crippen LogP contribution is -2.27. The first-order chi connectivity index (χ1) is 8.13. The highest BCUT2D eigenvalue weighted by Gasteiger charge is 2.04. The molecule has 0 unspecified atom stereocenters. The lowest BCUT2D eigenvalue weighted by atomic mass is 10.3. The Morgan fingerprint density at radius 3 is 2.94 bits per heavy atom. The predicted molar refractivity (Wildman–Crippen MR) is 64.9 cm³/mol. The molecule has 5 nitrogen and oxygen atoms in total. The number of nitrogens with zero attached hydrogens (tertiary/aromatic N) is 2. The SMILES string of the molecule is CN(C)C(=O)Nc1cccc(OCCC#N)c1. The van der Waals surface area contributed by atoms with Gasteiger partial charge in [0.25, 0.3) is 0 Å². The molecular formula is C12H15N3O2. The third-order valence-corrected chi connectivity index (χ3v) is 1.97. The molecule has 0 radical (unpaired) electrons. The lowest BCUT2D eigenvalue weighted by molar-refractivity contribution is 0.230. The summed E-state index contributed by atoms with van der Waals surface area (Å²) in [6, 6.07) is 8.87. The van der Waals surface area contributed by atoms with Crippen molar-refractivity contribution in [3.05, 3.63) is 24.3 Å². The first-order valence-electron chi connectivity index (χ1n) is 5.21. The van der Waals surface area contributed by atoms with Crippen molar-refractivity contribution in [3.8, 4) is 11.8 Å². The summed E-state index contributed by atoms with van der Waals surface area (Å²) in [5, 5.41) is 11.1. The summed E-state index contributed by atoms with van der Waals surface area (Å²) in [5.41, 5.74) is 0.665. The minimum atomic E-state index is -0.195. The van der Waals surface area contributed by atoms with E-state index in [2.05, 4.69) is 5.32 Å². The van der Waals surface area contributed by atoms with Crippen LogP contribution in [0.2, 0.25) is 0 Å². The van der Waals surface area contributed by atoms with Gasteiger partial charge >= 0.3 is 6.03 Å². The Morgan fingerprint density at radius 1 is 1.53 bits per heavy atom. The maximum Gasteiger partial charge on any atom is 0.321 e. The molecule has 0 spiro atoms. The van der Waals surface area contributed by atoms with Crippen LogP contribution < -0.4 is 10.1 Å². The van der Waals surface area contributed by atoms with Gasteiger partial charge in [-0.1, -0.05) is 6.07 Å². The molecule has 0 bridgehead atoms. The van der Waals surface area contributed by atoms with E-state index in [1.165, 1.54) is 4.90 Å². The normalized spacial score (nSPS) is 9.24. The van der Waals surface area contributed by atoms with Crippen LogP contribution in [-0.2, 0) is 0 Å². The van der Waals surface area contributed by atoms with Gasteiger partial charge in [0.15, 0.2) is 0 Å². The molecule has 1 N–H and O–H groups in total. The Balaban J connectivity index is 2.60. The van der Waals surface area contributed by atoms with Gasteiger partial charge in [-0.2, -0.15) is 5.26 Å². The number of hydrogen-bond donors (Lipinski definition) is 1. The van der Waals surface area contributed by atoms with Crippen molar-refractivity contribution in [2.75, 3.05) is 26.0 Å². The summed E-state index contributed by atoms with van der Waals surface area (Å²) in [6.45, 7) is 0.349. The van der Waals surface area contributed by atoms with Gasteiger partial charge in [-0.3, -0.25) is 0 Å². The average Bonchev–Trinajstić information content (AvgIpc) is 2.30. The third kappa shape index (κ3) is 4.43. The van der Waals surface area contributed by atoms with Crippen molar-refractivity contribution in [2.24, 2.45) is 0 Å². The standard InChI is InChI=1S/C12H15N3O2/c1-15(2)12(16)14-10-5-3-6-11(9-10)17-8-4-7-13/h3,5-6,9H,4,8H2,1-2H3,(H,14,16). The van der Waals surface area contributed by atoms with E-state index >= 15 is 0 Å². The predicted octanol–water partition coefficient (Wildman–Crippen LogP) is 2.07. The fraction of sp³-hybridized carbons (Fsp3) is 0.333. The lowest BCUT2D eigenvalue weighted by Gasteiger charge is -2.12. The summed E-state index contributed by atoms with van der Waals surface area (Å²) in [4.78, 5) is 12.9. The Bertz CT molecular complexity index is 424. The number of ether oxygens (including phenoxy) is 1. The van der Waals surface area contributed by atoms with Crippen LogP contribution in [0.4, 0.5) is 10.5 Å². The molecule has 0 fully saturated rings. The Morgan fingerprint density at radius 2 is 2.29 bits per heavy atom. The summed E-state index contributed by atoms with van der Waals surface area (Å²) in [6.07, 6.45) is 0.342. The molecule has 0 saturated carbocycles. The van der Waals surface area contributed by atoms with E-state index in [9.17, 15) is 4.79 Å². The van der Waals surface area contributed by atoms with E-state index in [0.717, 1.165) is 0 Å². The Labute approximate surface area is 101 Å². The molecule has 5 heteroatoms. The van der Waals surface area contributed by atoms with E-state index in [-0.39, 0.29) is 6.03 Å². The molecule has 1 aromatic rings. The molecule has 1 aromatic carbocycles. The summed E-state index contributed by atoms with van der Waals surface area (Å²) >= 11 is 0. The number of rotatable bonds is 4. The smallest absolute Gasteiger partial charge is 0.321 e. The minimum absolute atomic E-state index is 0.195. The first-order valence-corrected chi connectivity index (χ1v) is 5.21. The minimum Gasteiger partial charge on any atom is -0.492 e. The third-order valence-electron chi connectivity index (χ3n) is 1.97. The van der Waals surface area contributed by atoms with E-state index < -0.39 is 0 Å². The van der Waals surface area contributed by atoms with Gasteiger partial charge in [-0.15, -0.1) is 0 Å². The Kier molecular flexibility index (Phi) is 4.82. The van der Waals surface area contributed by atoms with Crippen molar-refractivity contribution in [1.82, 2.24) is 4.90 Å². The van der Waals surface area contributed by atoms with Gasteiger partial charge in [-0.05, 0) is 12.1 Å². The van der Waals surface area contributed by atoms with Crippen LogP contribution in [0.3, 0.4) is 0 Å². The number of nitrogens with one attached hydrogen (secondary N) is 1. The number of anilines is 1. The van der Waals surface area contributed by atoms with Crippen molar-refractivity contribution in [1.29, 1.82) is 5.26 Å². The van der Waals surface area contributed by atoms with Crippen LogP contribution >= 0.6 is 0 Å². The van der Waals surface area contributed by atoms with Gasteiger partial charge in [0, 0.05) is 25.8 Å². The molecule has 0 saturated heterocycles. The summed E-state index contributed by atoms with van der Waals surface area (Å²) in [5.74, 6) is 0.636. The first kappa shape index (κ1) is 12.8. The van der Waals surface area contributed by atoms with Crippen molar-refractivity contribution in [3.63, 3.8) is 0 Å². The molecule has 0 heterocycles. The van der Waals surface area contributed by atoms with Crippen molar-refractivity contribution >= 4 is 11.7 Å². The summed E-state index contributed by atoms with van der Waals surface area (Å²) < 4.78 is 5.34. The number of nitriles is 1. The second-order valence-electron chi connectivity index (χ2n) is 3.61. The maximum absolute atomic E-state index is 11.4. The molecule has 0 aliphatic rings. The quantitative estimate of drug-likeness (QED) is 0.809. The van der Waals surface area contributed by atoms with E-state index in [1.54, 1.807) is 38.4 Å². The molecule has 1 rings (SSSR count). The Hall–Kier alpha value is -2.22. The van der Waals surface area contributed by atoms with Crippen LogP contribution in [0.1, 0.15) is 6.42 Å². The zero-order valence-electron chi connectivity index (χ0n) is 9.93. The zero-order valence-corrected chi connectivity index (χ0v) is 9.93. The number of urea groups is 1. The number of amides is 2. The second kappa shape index (κ2) is 6.38. The highest BCUT2D eigenvalue weighted by atomic mass is 16.5. The van der Waals surface area contributed by atoms with Gasteiger partial charge in [0.2, 0.25) is 0 Å². The van der Waals surface area contributed by atoms with E-state index in [1.807, 2.05) is 6.07 Å². The van der Waals surface area contributed by atoms with E-state index in [4.69, 9.17) is 10.00 Å². The van der Waals surface area contributed by atoms with Crippen molar-refractivity contribution in [2.45, 2.75) is 6.42 Å². The topological polar surface area (TPSA) is 65.4 Å². The van der Waals surface area contributed by atoms with Gasteiger partial charge < -0.3 is 15.0 Å². The number of hydrogen-bond acceptors (Lipinski definition) is 3. The molecule has 0 atom stereocenters. The van der Waals surface area contributed by atoms with Gasteiger partial charge in [0.1, 0.15) is 12.4 Å². The number of benzene rings is 1. The van der Waals surface area contributed by atoms with Crippen LogP contribution in [0.25, 0.3) is 0 Å². The molecule has 0 aromatic heterocycles. The van der Waals surface area contributed by atoms with Crippen LogP contribution in [-0.4, -0.2) is 31.6 Å². The maximum atomic E-state index is 11.4. The van der Waals surface area contributed by atoms with Crippen LogP contribution in [0, 0.1) is 11.3 Å². The van der Waals surface area contributed by atoms with Crippen LogP contribution in [0.15, 0.2) is 24.3 Å². The fourth-order valence-electron chi connectivity index (χ4n) is 1.11. The van der Waals surface area contributed by atoms with Crippen LogP contribution in [0.5, 0.6) is 5.75 Å². The molecule has 0 aliphatic carbocycles. The van der Waals surface area contributed by atoms with E-state index in [0.29, 0.717) is 24.5 Å². The molecule has 0 aliphatic heterocycles. The monoisotopic (exact) mass is 233 g/mol. The highest BCUT2D eigenvalue weighted by molar-refractivity contribution is 5.89. The average molecular weight is 233 g/mol. The molecule has 90 valence electrons. The molecule has 17 heavy (non-hydrogen) atoms. The summed E-state index contributed by atoms with van der Waals surface area (Å²) in [7, 11) is 3.34. The fourth-order valence-corrected chi connectivity index (χ4v) is 1.11. The highest BCUT2D eigenvalue weighted by Crippen LogP contribution is 2.17. The van der Waals surface area contributed by atoms with Gasteiger partial charge in [0.05, 0.1) is 12.5 Å². The largest absolute Gasteiger partial charge is 0.492 e. The number of carbonyl (C=O) groups is 1. The second-order valence-corrected chi connectivity index (χ2v) is 3.61. The molecule has 2 amide bonds. The van der Waals surface area contributed by atoms with Gasteiger partial charge in [-0.25, -0.2) is 4.79 Å². The number of carbonyl (C=O) groups excluding carboxylic acids is 1. The van der Waals surface area contributed by atoms with Crippen molar-refractivity contribution < 1.29 is 9.53 Å². The zero-order chi connectivity index (χ0) is 12.7.